The van der Waals surface area contributed by atoms with Crippen molar-refractivity contribution >= 4 is 16.8 Å². The number of aryl methyl sites for hydroxylation is 2. The first kappa shape index (κ1) is 16.1. The minimum absolute atomic E-state index is 0.526. The van der Waals surface area contributed by atoms with E-state index in [4.69, 9.17) is 9.15 Å². The first-order valence-electron chi connectivity index (χ1n) is 8.28. The number of anilines is 1. The number of ether oxygens (including phenoxy) is 1. The minimum atomic E-state index is 0.526. The molecule has 0 radical (unpaired) electrons. The molecule has 1 N–H and O–H groups in total. The third-order valence-corrected chi connectivity index (χ3v) is 4.30. The van der Waals surface area contributed by atoms with Crippen molar-refractivity contribution in [2.45, 2.75) is 13.8 Å². The average molecular weight is 346 g/mol. The smallest absolute Gasteiger partial charge is 0.230 e. The second-order valence-electron chi connectivity index (χ2n) is 5.96. The molecule has 4 aromatic rings. The number of hydrogen-bond donors (Lipinski definition) is 1. The molecule has 3 aromatic heterocycles. The molecule has 3 heterocycles. The van der Waals surface area contributed by atoms with Gasteiger partial charge in [0.1, 0.15) is 23.5 Å². The fourth-order valence-corrected chi connectivity index (χ4v) is 3.03. The van der Waals surface area contributed by atoms with Crippen LogP contribution in [-0.4, -0.2) is 22.0 Å². The Kier molecular flexibility index (Phi) is 4.01. The molecule has 0 aliphatic carbocycles. The number of nitrogens with zero attached hydrogens (tertiary/aromatic N) is 3. The highest BCUT2D eigenvalue weighted by Gasteiger charge is 2.14. The molecule has 0 spiro atoms. The van der Waals surface area contributed by atoms with Gasteiger partial charge in [-0.05, 0) is 49.2 Å². The van der Waals surface area contributed by atoms with Gasteiger partial charge < -0.3 is 14.5 Å². The molecule has 0 aliphatic heterocycles. The van der Waals surface area contributed by atoms with E-state index in [0.29, 0.717) is 11.6 Å². The van der Waals surface area contributed by atoms with Crippen molar-refractivity contribution in [2.75, 3.05) is 12.4 Å². The maximum atomic E-state index is 5.99. The Morgan fingerprint density at radius 2 is 1.92 bits per heavy atom. The molecule has 0 atom stereocenters. The van der Waals surface area contributed by atoms with Gasteiger partial charge in [0.25, 0.3) is 0 Å². The van der Waals surface area contributed by atoms with Crippen LogP contribution in [0.1, 0.15) is 11.3 Å². The Morgan fingerprint density at radius 3 is 2.73 bits per heavy atom. The summed E-state index contributed by atoms with van der Waals surface area (Å²) >= 11 is 0. The van der Waals surface area contributed by atoms with Gasteiger partial charge in [0.2, 0.25) is 5.88 Å². The summed E-state index contributed by atoms with van der Waals surface area (Å²) in [5.74, 6) is 2.05. The molecule has 0 saturated carbocycles. The van der Waals surface area contributed by atoms with Crippen LogP contribution in [0.5, 0.6) is 11.6 Å². The summed E-state index contributed by atoms with van der Waals surface area (Å²) < 4.78 is 11.4. The number of fused-ring (bicyclic) bond motifs is 1. The quantitative estimate of drug-likeness (QED) is 0.575. The highest BCUT2D eigenvalue weighted by atomic mass is 16.5. The second-order valence-corrected chi connectivity index (χ2v) is 5.96. The summed E-state index contributed by atoms with van der Waals surface area (Å²) in [6, 6.07) is 9.60. The number of pyridine rings is 1. The molecule has 4 rings (SSSR count). The lowest BCUT2D eigenvalue weighted by Gasteiger charge is -2.14. The zero-order chi connectivity index (χ0) is 18.1. The van der Waals surface area contributed by atoms with Crippen molar-refractivity contribution in [1.82, 2.24) is 15.0 Å². The van der Waals surface area contributed by atoms with Gasteiger partial charge in [0.05, 0.1) is 17.3 Å². The number of hydrogen-bond acceptors (Lipinski definition) is 6. The van der Waals surface area contributed by atoms with Gasteiger partial charge in [-0.2, -0.15) is 0 Å². The van der Waals surface area contributed by atoms with E-state index in [0.717, 1.165) is 39.2 Å². The molecule has 26 heavy (non-hydrogen) atoms. The summed E-state index contributed by atoms with van der Waals surface area (Å²) in [5.41, 5.74) is 4.80. The van der Waals surface area contributed by atoms with Gasteiger partial charge in [-0.25, -0.2) is 15.0 Å². The Balaban J connectivity index is 1.72. The lowest BCUT2D eigenvalue weighted by molar-refractivity contribution is 0.468. The predicted octanol–water partition coefficient (Wildman–Crippen LogP) is 4.74. The zero-order valence-electron chi connectivity index (χ0n) is 14.8. The van der Waals surface area contributed by atoms with Crippen LogP contribution in [0, 0.1) is 13.8 Å². The van der Waals surface area contributed by atoms with Gasteiger partial charge in [-0.15, -0.1) is 0 Å². The Hall–Kier alpha value is -3.41. The Labute approximate surface area is 150 Å². The van der Waals surface area contributed by atoms with Gasteiger partial charge in [-0.1, -0.05) is 6.07 Å². The molecule has 0 bridgehead atoms. The molecule has 6 nitrogen and oxygen atoms in total. The summed E-state index contributed by atoms with van der Waals surface area (Å²) in [4.78, 5) is 13.0. The van der Waals surface area contributed by atoms with Gasteiger partial charge in [-0.3, -0.25) is 0 Å². The first-order chi connectivity index (χ1) is 12.7. The topological polar surface area (TPSA) is 73.1 Å². The van der Waals surface area contributed by atoms with E-state index in [1.165, 1.54) is 0 Å². The van der Waals surface area contributed by atoms with Crippen molar-refractivity contribution < 1.29 is 9.15 Å². The average Bonchev–Trinajstić information content (AvgIpc) is 3.12. The molecular formula is C20H18N4O2. The monoisotopic (exact) mass is 346 g/mol. The number of aromatic nitrogens is 3. The van der Waals surface area contributed by atoms with Crippen LogP contribution in [0.15, 0.2) is 53.5 Å². The van der Waals surface area contributed by atoms with E-state index in [9.17, 15) is 0 Å². The van der Waals surface area contributed by atoms with E-state index < -0.39 is 0 Å². The van der Waals surface area contributed by atoms with Crippen LogP contribution < -0.4 is 10.1 Å². The van der Waals surface area contributed by atoms with Crippen LogP contribution >= 0.6 is 0 Å². The SMILES string of the molecule is CNc1ncnc(C)c1-c1ccc(Oc2nccc3occc23)cc1C. The lowest BCUT2D eigenvalue weighted by atomic mass is 9.99. The summed E-state index contributed by atoms with van der Waals surface area (Å²) in [6.45, 7) is 4.02. The normalized spacial score (nSPS) is 10.9. The van der Waals surface area contributed by atoms with E-state index in [2.05, 4.69) is 20.3 Å². The van der Waals surface area contributed by atoms with Crippen LogP contribution in [0.25, 0.3) is 22.1 Å². The van der Waals surface area contributed by atoms with Crippen LogP contribution in [0.3, 0.4) is 0 Å². The molecule has 0 fully saturated rings. The van der Waals surface area contributed by atoms with Gasteiger partial charge >= 0.3 is 0 Å². The van der Waals surface area contributed by atoms with E-state index in [1.54, 1.807) is 18.8 Å². The van der Waals surface area contributed by atoms with Crippen LogP contribution in [-0.2, 0) is 0 Å². The molecule has 0 saturated heterocycles. The summed E-state index contributed by atoms with van der Waals surface area (Å²) in [5, 5.41) is 3.98. The van der Waals surface area contributed by atoms with Crippen LogP contribution in [0.2, 0.25) is 0 Å². The standard InChI is InChI=1S/C20H18N4O2/c1-12-10-14(26-20-16-7-9-25-17(16)6-8-22-20)4-5-15(12)18-13(2)23-11-24-19(18)21-3/h4-11H,1-3H3,(H,21,23,24). The van der Waals surface area contributed by atoms with Crippen molar-refractivity contribution in [2.24, 2.45) is 0 Å². The molecule has 0 amide bonds. The number of rotatable bonds is 4. The van der Waals surface area contributed by atoms with Crippen molar-refractivity contribution in [1.29, 1.82) is 0 Å². The van der Waals surface area contributed by atoms with Crippen molar-refractivity contribution in [3.63, 3.8) is 0 Å². The van der Waals surface area contributed by atoms with Gasteiger partial charge in [0, 0.05) is 18.8 Å². The highest BCUT2D eigenvalue weighted by Crippen LogP contribution is 2.35. The fraction of sp³-hybridized carbons (Fsp3) is 0.150. The van der Waals surface area contributed by atoms with E-state index >= 15 is 0 Å². The molecule has 0 aliphatic rings. The minimum Gasteiger partial charge on any atom is -0.464 e. The van der Waals surface area contributed by atoms with E-state index in [1.807, 2.05) is 51.2 Å². The summed E-state index contributed by atoms with van der Waals surface area (Å²) in [6.07, 6.45) is 4.87. The first-order valence-corrected chi connectivity index (χ1v) is 8.28. The number of furan rings is 1. The number of nitrogens with one attached hydrogen (secondary N) is 1. The highest BCUT2D eigenvalue weighted by molar-refractivity contribution is 5.82. The van der Waals surface area contributed by atoms with Crippen LogP contribution in [0.4, 0.5) is 5.82 Å². The second kappa shape index (κ2) is 6.48. The predicted molar refractivity (Wildman–Crippen MR) is 101 cm³/mol. The number of benzene rings is 1. The van der Waals surface area contributed by atoms with Crippen molar-refractivity contribution in [3.8, 4) is 22.8 Å². The van der Waals surface area contributed by atoms with E-state index in [-0.39, 0.29) is 0 Å². The van der Waals surface area contributed by atoms with Crippen molar-refractivity contribution in [3.05, 3.63) is 60.4 Å². The third-order valence-electron chi connectivity index (χ3n) is 4.30. The zero-order valence-corrected chi connectivity index (χ0v) is 14.8. The fourth-order valence-electron chi connectivity index (χ4n) is 3.03. The maximum Gasteiger partial charge on any atom is 0.230 e. The summed E-state index contributed by atoms with van der Waals surface area (Å²) in [7, 11) is 1.86. The Morgan fingerprint density at radius 1 is 1.04 bits per heavy atom. The molecule has 0 unspecified atom stereocenters. The lowest BCUT2D eigenvalue weighted by Crippen LogP contribution is -2.00. The Bertz CT molecular complexity index is 1090. The molecular weight excluding hydrogens is 328 g/mol. The molecule has 6 heteroatoms. The third kappa shape index (κ3) is 2.75. The maximum absolute atomic E-state index is 5.99. The van der Waals surface area contributed by atoms with Gasteiger partial charge in [0.15, 0.2) is 0 Å². The molecule has 1 aromatic carbocycles. The largest absolute Gasteiger partial charge is 0.464 e. The molecule has 130 valence electrons.